The maximum absolute atomic E-state index is 13.0. The van der Waals surface area contributed by atoms with E-state index in [4.69, 9.17) is 4.74 Å². The highest BCUT2D eigenvalue weighted by molar-refractivity contribution is 5.87. The van der Waals surface area contributed by atoms with Crippen LogP contribution < -0.4 is 10.6 Å². The van der Waals surface area contributed by atoms with Gasteiger partial charge in [-0.15, -0.1) is 0 Å². The van der Waals surface area contributed by atoms with Gasteiger partial charge in [-0.25, -0.2) is 0 Å². The van der Waals surface area contributed by atoms with Crippen LogP contribution in [-0.4, -0.2) is 72.7 Å². The number of likely N-dealkylation sites (N-methyl/N-ethyl adjacent to an activating group) is 1. The van der Waals surface area contributed by atoms with E-state index in [9.17, 15) is 19.5 Å². The Kier molecular flexibility index (Phi) is 14.4. The Labute approximate surface area is 206 Å². The van der Waals surface area contributed by atoms with E-state index in [2.05, 4.69) is 31.4 Å². The van der Waals surface area contributed by atoms with Gasteiger partial charge in [-0.05, 0) is 44.4 Å². The number of nitrogens with zero attached hydrogens (tertiary/aromatic N) is 1. The van der Waals surface area contributed by atoms with Crippen molar-refractivity contribution in [2.24, 2.45) is 17.8 Å². The largest absolute Gasteiger partial charge is 0.391 e. The normalized spacial score (nSPS) is 28.1. The summed E-state index contributed by atoms with van der Waals surface area (Å²) in [5.41, 5.74) is 0. The molecule has 34 heavy (non-hydrogen) atoms. The number of amides is 3. The van der Waals surface area contributed by atoms with Crippen molar-refractivity contribution in [3.8, 4) is 0 Å². The lowest BCUT2D eigenvalue weighted by molar-refractivity contribution is -0.142. The second-order valence-corrected chi connectivity index (χ2v) is 10.4. The predicted molar refractivity (Wildman–Crippen MR) is 134 cm³/mol. The Morgan fingerprint density at radius 2 is 1.85 bits per heavy atom. The summed E-state index contributed by atoms with van der Waals surface area (Å²) in [5.74, 6) is -0.311. The standard InChI is InChI=1S/C26H49N3O5/c1-7-8-13-27-25(32)20(4)15-23(30)22-14-18(2)11-9-10-12-19(3)16-34-17-24(31)29(6)21(5)26(33)28-22/h18-23,30H,7-17H2,1-6H3,(H,27,32)(H,28,33)/t18-,19?,20-,21+,22+,23+/m1/s1. The number of ether oxygens (including phenoxy) is 1. The van der Waals surface area contributed by atoms with E-state index in [1.165, 1.54) is 4.90 Å². The summed E-state index contributed by atoms with van der Waals surface area (Å²) >= 11 is 0. The minimum absolute atomic E-state index is 0.0494. The Morgan fingerprint density at radius 3 is 2.50 bits per heavy atom. The molecule has 3 N–H and O–H groups in total. The third kappa shape index (κ3) is 11.2. The summed E-state index contributed by atoms with van der Waals surface area (Å²) < 4.78 is 5.59. The highest BCUT2D eigenvalue weighted by Crippen LogP contribution is 2.21. The van der Waals surface area contributed by atoms with E-state index in [0.717, 1.165) is 38.5 Å². The van der Waals surface area contributed by atoms with Crippen LogP contribution in [0.15, 0.2) is 0 Å². The van der Waals surface area contributed by atoms with Gasteiger partial charge in [0.2, 0.25) is 17.7 Å². The molecule has 0 spiro atoms. The molecule has 0 aromatic rings. The van der Waals surface area contributed by atoms with E-state index in [1.54, 1.807) is 14.0 Å². The molecule has 0 aromatic heterocycles. The fraction of sp³-hybridized carbons (Fsp3) is 0.885. The van der Waals surface area contributed by atoms with Crippen LogP contribution in [0.2, 0.25) is 0 Å². The van der Waals surface area contributed by atoms with Gasteiger partial charge < -0.3 is 25.4 Å². The predicted octanol–water partition coefficient (Wildman–Crippen LogP) is 2.87. The van der Waals surface area contributed by atoms with E-state index in [1.807, 2.05) is 6.92 Å². The van der Waals surface area contributed by atoms with Gasteiger partial charge in [-0.1, -0.05) is 53.4 Å². The second kappa shape index (κ2) is 16.1. The zero-order chi connectivity index (χ0) is 25.7. The molecule has 0 aliphatic carbocycles. The van der Waals surface area contributed by atoms with Crippen molar-refractivity contribution in [3.63, 3.8) is 0 Å². The molecule has 0 bridgehead atoms. The number of aliphatic hydroxyl groups excluding tert-OH is 1. The highest BCUT2D eigenvalue weighted by atomic mass is 16.5. The monoisotopic (exact) mass is 483 g/mol. The number of nitrogens with one attached hydrogen (secondary N) is 2. The van der Waals surface area contributed by atoms with Crippen LogP contribution in [0.3, 0.4) is 0 Å². The van der Waals surface area contributed by atoms with Gasteiger partial charge in [0.25, 0.3) is 0 Å². The number of hydrogen-bond acceptors (Lipinski definition) is 5. The van der Waals surface area contributed by atoms with Crippen molar-refractivity contribution < 1.29 is 24.2 Å². The first-order valence-electron chi connectivity index (χ1n) is 13.2. The quantitative estimate of drug-likeness (QED) is 0.483. The molecule has 0 saturated carbocycles. The molecule has 3 amide bonds. The summed E-state index contributed by atoms with van der Waals surface area (Å²) in [5, 5.41) is 16.9. The fourth-order valence-electron chi connectivity index (χ4n) is 4.27. The molecule has 0 radical (unpaired) electrons. The van der Waals surface area contributed by atoms with E-state index >= 15 is 0 Å². The highest BCUT2D eigenvalue weighted by Gasteiger charge is 2.30. The molecule has 1 saturated heterocycles. The molecule has 0 aromatic carbocycles. The van der Waals surface area contributed by atoms with Crippen molar-refractivity contribution in [2.45, 2.75) is 104 Å². The summed E-state index contributed by atoms with van der Waals surface area (Å²) in [6.07, 6.45) is 6.16. The second-order valence-electron chi connectivity index (χ2n) is 10.4. The van der Waals surface area contributed by atoms with Gasteiger partial charge in [0, 0.05) is 26.1 Å². The van der Waals surface area contributed by atoms with Gasteiger partial charge >= 0.3 is 0 Å². The molecule has 1 rings (SSSR count). The van der Waals surface area contributed by atoms with Crippen LogP contribution >= 0.6 is 0 Å². The van der Waals surface area contributed by atoms with Crippen molar-refractivity contribution in [3.05, 3.63) is 0 Å². The molecule has 6 atom stereocenters. The third-order valence-corrected chi connectivity index (χ3v) is 6.95. The Balaban J connectivity index is 2.90. The van der Waals surface area contributed by atoms with Crippen LogP contribution in [0.25, 0.3) is 0 Å². The summed E-state index contributed by atoms with van der Waals surface area (Å²) in [4.78, 5) is 39.3. The summed E-state index contributed by atoms with van der Waals surface area (Å²) in [6.45, 7) is 10.9. The maximum atomic E-state index is 13.0. The Bertz CT molecular complexity index is 630. The summed E-state index contributed by atoms with van der Waals surface area (Å²) in [6, 6.07) is -1.18. The minimum atomic E-state index is -0.853. The van der Waals surface area contributed by atoms with Crippen molar-refractivity contribution in [2.75, 3.05) is 26.8 Å². The number of hydrogen-bond donors (Lipinski definition) is 3. The van der Waals surface area contributed by atoms with Crippen LogP contribution in [-0.2, 0) is 19.1 Å². The molecule has 8 heteroatoms. The molecule has 1 heterocycles. The van der Waals surface area contributed by atoms with E-state index in [0.29, 0.717) is 31.4 Å². The topological polar surface area (TPSA) is 108 Å². The Morgan fingerprint density at radius 1 is 1.21 bits per heavy atom. The number of unbranched alkanes of at least 4 members (excludes halogenated alkanes) is 1. The van der Waals surface area contributed by atoms with Gasteiger partial charge in [-0.3, -0.25) is 14.4 Å². The first-order chi connectivity index (χ1) is 16.1. The van der Waals surface area contributed by atoms with Gasteiger partial charge in [-0.2, -0.15) is 0 Å². The number of carbonyl (C=O) groups excluding carboxylic acids is 3. The fourth-order valence-corrected chi connectivity index (χ4v) is 4.27. The summed E-state index contributed by atoms with van der Waals surface area (Å²) in [7, 11) is 1.60. The number of aliphatic hydroxyl groups is 1. The number of carbonyl (C=O) groups is 3. The molecule has 198 valence electrons. The Hall–Kier alpha value is -1.67. The lowest BCUT2D eigenvalue weighted by Crippen LogP contribution is -2.53. The molecular weight excluding hydrogens is 434 g/mol. The lowest BCUT2D eigenvalue weighted by Gasteiger charge is -2.31. The maximum Gasteiger partial charge on any atom is 0.248 e. The third-order valence-electron chi connectivity index (χ3n) is 6.95. The van der Waals surface area contributed by atoms with Crippen LogP contribution in [0, 0.1) is 17.8 Å². The average molecular weight is 484 g/mol. The molecular formula is C26H49N3O5. The van der Waals surface area contributed by atoms with Gasteiger partial charge in [0.15, 0.2) is 0 Å². The zero-order valence-electron chi connectivity index (χ0n) is 22.3. The van der Waals surface area contributed by atoms with Gasteiger partial charge in [0.1, 0.15) is 12.6 Å². The molecule has 1 unspecified atom stereocenters. The van der Waals surface area contributed by atoms with E-state index in [-0.39, 0.29) is 36.7 Å². The smallest absolute Gasteiger partial charge is 0.248 e. The van der Waals surface area contributed by atoms with Crippen molar-refractivity contribution in [1.82, 2.24) is 15.5 Å². The van der Waals surface area contributed by atoms with Crippen molar-refractivity contribution in [1.29, 1.82) is 0 Å². The molecule has 8 nitrogen and oxygen atoms in total. The minimum Gasteiger partial charge on any atom is -0.391 e. The van der Waals surface area contributed by atoms with Crippen LogP contribution in [0.4, 0.5) is 0 Å². The first kappa shape index (κ1) is 30.4. The average Bonchev–Trinajstić information content (AvgIpc) is 2.79. The zero-order valence-corrected chi connectivity index (χ0v) is 22.3. The number of rotatable bonds is 7. The molecule has 1 aliphatic heterocycles. The van der Waals surface area contributed by atoms with Gasteiger partial charge in [0.05, 0.1) is 12.1 Å². The molecule has 1 fully saturated rings. The first-order valence-corrected chi connectivity index (χ1v) is 13.2. The SMILES string of the molecule is CCCCNC(=O)[C@H](C)C[C@H](O)[C@@H]1C[C@H](C)CCCCC(C)COCC(=O)N(C)[C@@H](C)C(=O)N1. The van der Waals surface area contributed by atoms with Crippen LogP contribution in [0.5, 0.6) is 0 Å². The van der Waals surface area contributed by atoms with Crippen molar-refractivity contribution >= 4 is 17.7 Å². The van der Waals surface area contributed by atoms with E-state index < -0.39 is 18.2 Å². The van der Waals surface area contributed by atoms with Crippen LogP contribution in [0.1, 0.15) is 86.0 Å². The molecule has 1 aliphatic rings. The lowest BCUT2D eigenvalue weighted by atomic mass is 9.89.